The molecule has 0 aliphatic carbocycles. The van der Waals surface area contributed by atoms with Crippen LogP contribution in [0.4, 0.5) is 26.3 Å². The summed E-state index contributed by atoms with van der Waals surface area (Å²) in [7, 11) is 0. The molecule has 2 nitrogen and oxygen atoms in total. The number of nitrogens with one attached hydrogen (secondary N) is 1. The third-order valence-corrected chi connectivity index (χ3v) is 3.55. The van der Waals surface area contributed by atoms with Gasteiger partial charge in [-0.05, 0) is 30.5 Å². The smallest absolute Gasteiger partial charge is 0.352 e. The molecular formula is C16H19F6NO. The second-order valence-electron chi connectivity index (χ2n) is 5.71. The zero-order valence-electron chi connectivity index (χ0n) is 13.3. The summed E-state index contributed by atoms with van der Waals surface area (Å²) in [5.41, 5.74) is -4.11. The van der Waals surface area contributed by atoms with Gasteiger partial charge in [0, 0.05) is 12.1 Å². The van der Waals surface area contributed by atoms with E-state index in [4.69, 9.17) is 0 Å². The van der Waals surface area contributed by atoms with Gasteiger partial charge in [0.25, 0.3) is 5.91 Å². The average Bonchev–Trinajstić information content (AvgIpc) is 2.48. The van der Waals surface area contributed by atoms with Crippen molar-refractivity contribution in [3.8, 4) is 0 Å². The maximum atomic E-state index is 12.8. The topological polar surface area (TPSA) is 29.1 Å². The lowest BCUT2D eigenvalue weighted by Crippen LogP contribution is -2.29. The molecule has 1 amide bonds. The first-order valence-electron chi connectivity index (χ1n) is 7.53. The Morgan fingerprint density at radius 3 is 2.17 bits per heavy atom. The van der Waals surface area contributed by atoms with Crippen LogP contribution >= 0.6 is 0 Å². The number of benzene rings is 1. The largest absolute Gasteiger partial charge is 0.417 e. The molecule has 0 bridgehead atoms. The van der Waals surface area contributed by atoms with Crippen molar-refractivity contribution < 1.29 is 31.1 Å². The van der Waals surface area contributed by atoms with E-state index in [-0.39, 0.29) is 24.6 Å². The minimum atomic E-state index is -5.20. The van der Waals surface area contributed by atoms with E-state index in [1.165, 1.54) is 0 Å². The van der Waals surface area contributed by atoms with E-state index in [0.717, 1.165) is 25.3 Å². The maximum Gasteiger partial charge on any atom is 0.417 e. The number of alkyl halides is 6. The molecule has 1 rings (SSSR count). The fraction of sp³-hybridized carbons (Fsp3) is 0.562. The molecule has 0 heterocycles. The number of amides is 1. The summed E-state index contributed by atoms with van der Waals surface area (Å²) in [5, 5.41) is 2.46. The Hall–Kier alpha value is -1.73. The van der Waals surface area contributed by atoms with Crippen LogP contribution in [-0.4, -0.2) is 12.5 Å². The average molecular weight is 355 g/mol. The van der Waals surface area contributed by atoms with Gasteiger partial charge in [-0.1, -0.05) is 26.7 Å². The monoisotopic (exact) mass is 355 g/mol. The van der Waals surface area contributed by atoms with E-state index in [1.807, 2.05) is 13.8 Å². The van der Waals surface area contributed by atoms with Crippen molar-refractivity contribution in [2.45, 2.75) is 45.5 Å². The number of carbonyl (C=O) groups excluding carboxylic acids is 1. The number of unbranched alkanes of at least 4 members (excludes halogenated alkanes) is 1. The fourth-order valence-electron chi connectivity index (χ4n) is 2.19. The van der Waals surface area contributed by atoms with E-state index >= 15 is 0 Å². The summed E-state index contributed by atoms with van der Waals surface area (Å²) in [6, 6.07) is 1.29. The predicted molar refractivity (Wildman–Crippen MR) is 77.5 cm³/mol. The Kier molecular flexibility index (Phi) is 6.68. The first-order chi connectivity index (χ1) is 11.0. The SMILES string of the molecule is CCCC[C@H](C)CNC(=O)c1ccc(C(F)(F)F)c(C(F)(F)F)c1. The van der Waals surface area contributed by atoms with Gasteiger partial charge in [-0.25, -0.2) is 0 Å². The van der Waals surface area contributed by atoms with Gasteiger partial charge in [0.05, 0.1) is 11.1 Å². The maximum absolute atomic E-state index is 12.8. The minimum Gasteiger partial charge on any atom is -0.352 e. The molecule has 136 valence electrons. The standard InChI is InChI=1S/C16H19F6NO/c1-3-4-5-10(2)9-23-14(24)11-6-7-12(15(17,18)19)13(8-11)16(20,21)22/h6-8,10H,3-5,9H2,1-2H3,(H,23,24)/t10-/m0/s1. The fourth-order valence-corrected chi connectivity index (χ4v) is 2.19. The van der Waals surface area contributed by atoms with Crippen molar-refractivity contribution in [3.05, 3.63) is 34.9 Å². The molecule has 1 aromatic rings. The summed E-state index contributed by atoms with van der Waals surface area (Å²) in [4.78, 5) is 11.9. The van der Waals surface area contributed by atoms with Crippen molar-refractivity contribution in [2.24, 2.45) is 5.92 Å². The summed E-state index contributed by atoms with van der Waals surface area (Å²) in [6.45, 7) is 4.14. The molecule has 24 heavy (non-hydrogen) atoms. The summed E-state index contributed by atoms with van der Waals surface area (Å²) in [5.74, 6) is -0.692. The van der Waals surface area contributed by atoms with Crippen molar-refractivity contribution in [1.29, 1.82) is 0 Å². The van der Waals surface area contributed by atoms with E-state index in [0.29, 0.717) is 0 Å². The van der Waals surface area contributed by atoms with Crippen LogP contribution in [0.3, 0.4) is 0 Å². The van der Waals surface area contributed by atoms with Gasteiger partial charge in [0.1, 0.15) is 0 Å². The van der Waals surface area contributed by atoms with Crippen LogP contribution in [0.1, 0.15) is 54.6 Å². The lowest BCUT2D eigenvalue weighted by atomic mass is 10.0. The predicted octanol–water partition coefficient (Wildman–Crippen LogP) is 5.28. The molecule has 0 saturated carbocycles. The third-order valence-electron chi connectivity index (χ3n) is 3.55. The Labute approximate surface area is 136 Å². The second-order valence-corrected chi connectivity index (χ2v) is 5.71. The Morgan fingerprint density at radius 1 is 1.08 bits per heavy atom. The number of rotatable bonds is 6. The highest BCUT2D eigenvalue weighted by atomic mass is 19.4. The number of carbonyl (C=O) groups is 1. The van der Waals surface area contributed by atoms with Crippen LogP contribution in [0.5, 0.6) is 0 Å². The molecule has 0 aromatic heterocycles. The highest BCUT2D eigenvalue weighted by Crippen LogP contribution is 2.40. The molecule has 0 radical (unpaired) electrons. The third kappa shape index (κ3) is 5.72. The van der Waals surface area contributed by atoms with E-state index < -0.39 is 35.0 Å². The second kappa shape index (κ2) is 7.90. The van der Waals surface area contributed by atoms with Gasteiger partial charge < -0.3 is 5.32 Å². The minimum absolute atomic E-state index is 0.130. The number of hydrogen-bond donors (Lipinski definition) is 1. The molecule has 8 heteroatoms. The van der Waals surface area contributed by atoms with Gasteiger partial charge >= 0.3 is 12.4 Å². The van der Waals surface area contributed by atoms with E-state index in [1.54, 1.807) is 0 Å². The molecule has 1 N–H and O–H groups in total. The van der Waals surface area contributed by atoms with Crippen LogP contribution in [0, 0.1) is 5.92 Å². The van der Waals surface area contributed by atoms with Crippen molar-refractivity contribution in [1.82, 2.24) is 5.32 Å². The Morgan fingerprint density at radius 2 is 1.67 bits per heavy atom. The van der Waals surface area contributed by atoms with Crippen LogP contribution in [0.2, 0.25) is 0 Å². The summed E-state index contributed by atoms with van der Waals surface area (Å²) < 4.78 is 76.6. The van der Waals surface area contributed by atoms with Crippen molar-refractivity contribution in [2.75, 3.05) is 6.54 Å². The molecule has 1 atom stereocenters. The Balaban J connectivity index is 2.95. The molecule has 0 unspecified atom stereocenters. The molecule has 0 aliphatic heterocycles. The van der Waals surface area contributed by atoms with Crippen molar-refractivity contribution >= 4 is 5.91 Å². The van der Waals surface area contributed by atoms with Crippen LogP contribution in [0.25, 0.3) is 0 Å². The van der Waals surface area contributed by atoms with Gasteiger partial charge in [0.2, 0.25) is 0 Å². The Bertz CT molecular complexity index is 565. The van der Waals surface area contributed by atoms with Gasteiger partial charge in [-0.2, -0.15) is 26.3 Å². The van der Waals surface area contributed by atoms with E-state index in [9.17, 15) is 31.1 Å². The lowest BCUT2D eigenvalue weighted by molar-refractivity contribution is -0.162. The van der Waals surface area contributed by atoms with E-state index in [2.05, 4.69) is 5.32 Å². The molecule has 0 aliphatic rings. The highest BCUT2D eigenvalue weighted by Gasteiger charge is 2.43. The molecule has 0 saturated heterocycles. The normalized spacial score (nSPS) is 13.7. The van der Waals surface area contributed by atoms with Crippen LogP contribution in [0.15, 0.2) is 18.2 Å². The first kappa shape index (κ1) is 20.3. The summed E-state index contributed by atoms with van der Waals surface area (Å²) >= 11 is 0. The highest BCUT2D eigenvalue weighted by molar-refractivity contribution is 5.94. The quantitative estimate of drug-likeness (QED) is 0.691. The van der Waals surface area contributed by atoms with Gasteiger partial charge in [-0.15, -0.1) is 0 Å². The molecule has 0 fully saturated rings. The molecule has 1 aromatic carbocycles. The zero-order valence-corrected chi connectivity index (χ0v) is 13.3. The summed E-state index contributed by atoms with van der Waals surface area (Å²) in [6.07, 6.45) is -7.57. The lowest BCUT2D eigenvalue weighted by Gasteiger charge is -2.17. The first-order valence-corrected chi connectivity index (χ1v) is 7.53. The van der Waals surface area contributed by atoms with Gasteiger partial charge in [0.15, 0.2) is 0 Å². The van der Waals surface area contributed by atoms with Crippen LogP contribution in [-0.2, 0) is 12.4 Å². The number of halogens is 6. The molecule has 0 spiro atoms. The molecular weight excluding hydrogens is 336 g/mol. The van der Waals surface area contributed by atoms with Crippen molar-refractivity contribution in [3.63, 3.8) is 0 Å². The zero-order chi connectivity index (χ0) is 18.5. The number of hydrogen-bond acceptors (Lipinski definition) is 1. The van der Waals surface area contributed by atoms with Crippen LogP contribution < -0.4 is 5.32 Å². The van der Waals surface area contributed by atoms with Gasteiger partial charge in [-0.3, -0.25) is 4.79 Å².